The van der Waals surface area contributed by atoms with Gasteiger partial charge >= 0.3 is 0 Å². The van der Waals surface area contributed by atoms with Gasteiger partial charge in [0.1, 0.15) is 0 Å². The van der Waals surface area contributed by atoms with Crippen LogP contribution < -0.4 is 0 Å². The van der Waals surface area contributed by atoms with Crippen molar-refractivity contribution in [2.24, 2.45) is 0 Å². The normalized spacial score (nSPS) is 8.83. The first-order chi connectivity index (χ1) is 5.61. The summed E-state index contributed by atoms with van der Waals surface area (Å²) in [7, 11) is 0. The molecule has 1 rings (SSSR count). The van der Waals surface area contributed by atoms with Gasteiger partial charge < -0.3 is 0 Å². The Labute approximate surface area is 71.8 Å². The monoisotopic (exact) mass is 200 g/mol. The second-order valence-electron chi connectivity index (χ2n) is 1.68. The zero-order valence-electron chi connectivity index (χ0n) is 6.04. The predicted octanol–water partition coefficient (Wildman–Crippen LogP) is 3.10. The molecule has 0 saturated carbocycles. The second-order valence-corrected chi connectivity index (χ2v) is 1.68. The van der Waals surface area contributed by atoms with Crippen molar-refractivity contribution in [3.8, 4) is 0 Å². The van der Waals surface area contributed by atoms with Crippen LogP contribution in [0.5, 0.6) is 0 Å². The van der Waals surface area contributed by atoms with E-state index < -0.39 is 23.3 Å². The molecule has 0 N–H and O–H groups in total. The first-order valence-electron chi connectivity index (χ1n) is 2.79. The highest BCUT2D eigenvalue weighted by Crippen LogP contribution is 2.11. The standard InChI is InChI=1S/C6H2F4.CH3Cl/c7-3-1-4(8)6(10)2-5(3)9;1-2/h1-2H;1H3. The molecule has 0 nitrogen and oxygen atoms in total. The third-order valence-electron chi connectivity index (χ3n) is 0.963. The molecular weight excluding hydrogens is 196 g/mol. The van der Waals surface area contributed by atoms with Crippen molar-refractivity contribution in [3.63, 3.8) is 0 Å². The predicted molar refractivity (Wildman–Crippen MR) is 38.1 cm³/mol. The van der Waals surface area contributed by atoms with Crippen LogP contribution in [-0.2, 0) is 0 Å². The number of rotatable bonds is 0. The Morgan fingerprint density at radius 2 is 0.917 bits per heavy atom. The smallest absolute Gasteiger partial charge is 0.161 e. The number of hydrogen-bond acceptors (Lipinski definition) is 0. The van der Waals surface area contributed by atoms with Gasteiger partial charge in [0, 0.05) is 18.5 Å². The van der Waals surface area contributed by atoms with Gasteiger partial charge in [-0.05, 0) is 0 Å². The maximum atomic E-state index is 12.0. The number of benzene rings is 1. The van der Waals surface area contributed by atoms with Gasteiger partial charge in [0.15, 0.2) is 23.3 Å². The van der Waals surface area contributed by atoms with Crippen molar-refractivity contribution in [2.45, 2.75) is 0 Å². The quantitative estimate of drug-likeness (QED) is 0.343. The van der Waals surface area contributed by atoms with Gasteiger partial charge in [-0.3, -0.25) is 0 Å². The van der Waals surface area contributed by atoms with Crippen LogP contribution in [-0.4, -0.2) is 6.38 Å². The average Bonchev–Trinajstić information content (AvgIpc) is 2.05. The Kier molecular flexibility index (Phi) is 4.66. The van der Waals surface area contributed by atoms with Crippen molar-refractivity contribution in [1.29, 1.82) is 0 Å². The Balaban J connectivity index is 0.000000561. The molecule has 0 aliphatic rings. The van der Waals surface area contributed by atoms with Gasteiger partial charge in [0.25, 0.3) is 0 Å². The van der Waals surface area contributed by atoms with E-state index in [2.05, 4.69) is 11.6 Å². The lowest BCUT2D eigenvalue weighted by Gasteiger charge is -1.92. The Bertz CT molecular complexity index is 212. The summed E-state index contributed by atoms with van der Waals surface area (Å²) in [4.78, 5) is 0. The van der Waals surface area contributed by atoms with E-state index in [-0.39, 0.29) is 12.1 Å². The van der Waals surface area contributed by atoms with Crippen molar-refractivity contribution in [3.05, 3.63) is 35.4 Å². The van der Waals surface area contributed by atoms with E-state index in [1.807, 2.05) is 0 Å². The third kappa shape index (κ3) is 2.70. The molecule has 0 amide bonds. The first kappa shape index (κ1) is 11.2. The van der Waals surface area contributed by atoms with Crippen LogP contribution in [0.15, 0.2) is 12.1 Å². The lowest BCUT2D eigenvalue weighted by Crippen LogP contribution is -1.90. The summed E-state index contributed by atoms with van der Waals surface area (Å²) in [5, 5.41) is 0. The molecule has 12 heavy (non-hydrogen) atoms. The second kappa shape index (κ2) is 4.98. The van der Waals surface area contributed by atoms with Gasteiger partial charge in [-0.2, -0.15) is 0 Å². The molecule has 0 saturated heterocycles. The van der Waals surface area contributed by atoms with Crippen molar-refractivity contribution < 1.29 is 17.6 Å². The molecule has 0 heterocycles. The molecule has 1 aromatic carbocycles. The Morgan fingerprint density at radius 1 is 0.750 bits per heavy atom. The average molecular weight is 201 g/mol. The van der Waals surface area contributed by atoms with Gasteiger partial charge in [-0.25, -0.2) is 17.6 Å². The molecule has 0 fully saturated rings. The summed E-state index contributed by atoms with van der Waals surface area (Å²) in [6, 6.07) is 0.315. The highest BCUT2D eigenvalue weighted by molar-refractivity contribution is 6.15. The zero-order valence-corrected chi connectivity index (χ0v) is 6.80. The van der Waals surface area contributed by atoms with Crippen LogP contribution in [0.1, 0.15) is 0 Å². The van der Waals surface area contributed by atoms with Crippen LogP contribution in [0.3, 0.4) is 0 Å². The Morgan fingerprint density at radius 3 is 1.08 bits per heavy atom. The maximum Gasteiger partial charge on any atom is 0.161 e. The molecule has 1 aromatic rings. The third-order valence-corrected chi connectivity index (χ3v) is 0.963. The van der Waals surface area contributed by atoms with Gasteiger partial charge in [-0.15, -0.1) is 11.6 Å². The van der Waals surface area contributed by atoms with Crippen molar-refractivity contribution >= 4 is 11.6 Å². The summed E-state index contributed by atoms with van der Waals surface area (Å²) in [5.74, 6) is -5.56. The summed E-state index contributed by atoms with van der Waals surface area (Å²) in [6.07, 6.45) is 1.47. The van der Waals surface area contributed by atoms with E-state index in [1.54, 1.807) is 0 Å². The first-order valence-corrected chi connectivity index (χ1v) is 3.54. The summed E-state index contributed by atoms with van der Waals surface area (Å²) in [6.45, 7) is 0. The van der Waals surface area contributed by atoms with E-state index >= 15 is 0 Å². The summed E-state index contributed by atoms with van der Waals surface area (Å²) >= 11 is 4.64. The van der Waals surface area contributed by atoms with Gasteiger partial charge in [-0.1, -0.05) is 0 Å². The van der Waals surface area contributed by atoms with Crippen LogP contribution in [0.2, 0.25) is 0 Å². The lowest BCUT2D eigenvalue weighted by molar-refractivity contribution is 0.454. The van der Waals surface area contributed by atoms with Crippen molar-refractivity contribution in [2.75, 3.05) is 6.38 Å². The molecule has 0 atom stereocenters. The molecular formula is C7H5ClF4. The van der Waals surface area contributed by atoms with Crippen LogP contribution >= 0.6 is 11.6 Å². The fraction of sp³-hybridized carbons (Fsp3) is 0.143. The van der Waals surface area contributed by atoms with E-state index in [0.29, 0.717) is 0 Å². The topological polar surface area (TPSA) is 0 Å². The molecule has 0 radical (unpaired) electrons. The molecule has 0 unspecified atom stereocenters. The minimum Gasteiger partial charge on any atom is -0.204 e. The minimum absolute atomic E-state index is 0.157. The molecule has 68 valence electrons. The van der Waals surface area contributed by atoms with E-state index in [4.69, 9.17) is 0 Å². The molecule has 5 heteroatoms. The lowest BCUT2D eigenvalue weighted by atomic mass is 10.3. The largest absolute Gasteiger partial charge is 0.204 e. The molecule has 0 aliphatic heterocycles. The Hall–Kier alpha value is -0.770. The zero-order chi connectivity index (χ0) is 9.72. The number of halogens is 5. The van der Waals surface area contributed by atoms with Gasteiger partial charge in [0.2, 0.25) is 0 Å². The van der Waals surface area contributed by atoms with Crippen LogP contribution in [0, 0.1) is 23.3 Å². The van der Waals surface area contributed by atoms with E-state index in [9.17, 15) is 17.6 Å². The number of alkyl halides is 1. The highest BCUT2D eigenvalue weighted by Gasteiger charge is 2.07. The molecule has 0 bridgehead atoms. The molecule has 0 aromatic heterocycles. The van der Waals surface area contributed by atoms with E-state index in [0.717, 1.165) is 0 Å². The molecule has 0 aliphatic carbocycles. The van der Waals surface area contributed by atoms with Crippen LogP contribution in [0.25, 0.3) is 0 Å². The highest BCUT2D eigenvalue weighted by atomic mass is 35.5. The van der Waals surface area contributed by atoms with E-state index in [1.165, 1.54) is 6.38 Å². The minimum atomic E-state index is -1.39. The summed E-state index contributed by atoms with van der Waals surface area (Å²) < 4.78 is 47.9. The SMILES string of the molecule is CCl.Fc1cc(F)c(F)cc1F. The fourth-order valence-electron chi connectivity index (χ4n) is 0.498. The number of hydrogen-bond donors (Lipinski definition) is 0. The summed E-state index contributed by atoms with van der Waals surface area (Å²) in [5.41, 5.74) is 0. The maximum absolute atomic E-state index is 12.0. The van der Waals surface area contributed by atoms with Gasteiger partial charge in [0.05, 0.1) is 0 Å². The molecule has 0 spiro atoms. The van der Waals surface area contributed by atoms with Crippen molar-refractivity contribution in [1.82, 2.24) is 0 Å². The van der Waals surface area contributed by atoms with Crippen LogP contribution in [0.4, 0.5) is 17.6 Å². The fourth-order valence-corrected chi connectivity index (χ4v) is 0.498.